The van der Waals surface area contributed by atoms with E-state index < -0.39 is 0 Å². The Morgan fingerprint density at radius 3 is 2.38 bits per heavy atom. The quantitative estimate of drug-likeness (QED) is 0.399. The summed E-state index contributed by atoms with van der Waals surface area (Å²) in [6.07, 6.45) is 1.24. The predicted octanol–water partition coefficient (Wildman–Crippen LogP) is 0.194. The molecule has 0 aliphatic heterocycles. The number of allylic oxidation sites excluding steroid dienone is 1. The highest BCUT2D eigenvalue weighted by Gasteiger charge is 1.95. The zero-order valence-corrected chi connectivity index (χ0v) is 4.93. The molecular formula is C5H9NO2. The molecule has 0 rings (SSSR count). The maximum absolute atomic E-state index is 10.2. The number of rotatable bonds is 2. The molecule has 0 unspecified atom stereocenters. The van der Waals surface area contributed by atoms with E-state index in [9.17, 15) is 4.79 Å². The summed E-state index contributed by atoms with van der Waals surface area (Å²) in [4.78, 5) is 10.2. The number of carbonyl (C=O) groups excluding carboxylic acids is 1. The van der Waals surface area contributed by atoms with Gasteiger partial charge in [-0.1, -0.05) is 0 Å². The van der Waals surface area contributed by atoms with Crippen LogP contribution in [0.3, 0.4) is 0 Å². The molecule has 3 nitrogen and oxygen atoms in total. The maximum Gasteiger partial charge on any atom is 0.195 e. The van der Waals surface area contributed by atoms with Gasteiger partial charge in [0.2, 0.25) is 0 Å². The summed E-state index contributed by atoms with van der Waals surface area (Å²) in [5.74, 6) is -0.577. The topological polar surface area (TPSA) is 49.3 Å². The van der Waals surface area contributed by atoms with Crippen LogP contribution in [0.1, 0.15) is 6.92 Å². The molecule has 0 aromatic heterocycles. The average Bonchev–Trinajstić information content (AvgIpc) is 1.67. The van der Waals surface area contributed by atoms with Gasteiger partial charge in [-0.2, -0.15) is 0 Å². The maximum atomic E-state index is 10.2. The van der Waals surface area contributed by atoms with Crippen molar-refractivity contribution < 1.29 is 9.90 Å². The Balaban J connectivity index is 3.80. The first kappa shape index (κ1) is 7.01. The number of nitrogens with one attached hydrogen (secondary N) is 1. The second-order valence-electron chi connectivity index (χ2n) is 1.37. The summed E-state index contributed by atoms with van der Waals surface area (Å²) in [5, 5.41) is 11.1. The molecule has 0 fully saturated rings. The molecule has 0 atom stereocenters. The molecule has 0 saturated carbocycles. The van der Waals surface area contributed by atoms with Crippen LogP contribution in [0, 0.1) is 0 Å². The van der Waals surface area contributed by atoms with Crippen LogP contribution in [-0.4, -0.2) is 17.9 Å². The normalized spacial score (nSPS) is 11.0. The summed E-state index contributed by atoms with van der Waals surface area (Å²) in [6.45, 7) is 1.29. The minimum atomic E-state index is -0.334. The molecule has 0 bridgehead atoms. The molecule has 3 heteroatoms. The predicted molar refractivity (Wildman–Crippen MR) is 30.5 cm³/mol. The van der Waals surface area contributed by atoms with Crippen LogP contribution in [0.25, 0.3) is 0 Å². The minimum absolute atomic E-state index is 0.243. The number of hydrogen-bond acceptors (Lipinski definition) is 3. The number of ketones is 1. The Labute approximate surface area is 48.0 Å². The second kappa shape index (κ2) is 3.07. The number of aliphatic hydroxyl groups is 1. The molecule has 46 valence electrons. The van der Waals surface area contributed by atoms with Crippen LogP contribution in [0.2, 0.25) is 0 Å². The Kier molecular flexibility index (Phi) is 2.69. The van der Waals surface area contributed by atoms with Crippen molar-refractivity contribution in [1.82, 2.24) is 5.32 Å². The van der Waals surface area contributed by atoms with E-state index >= 15 is 0 Å². The first-order valence-electron chi connectivity index (χ1n) is 2.26. The highest BCUT2D eigenvalue weighted by Crippen LogP contribution is 1.84. The fourth-order valence-corrected chi connectivity index (χ4v) is 0.238. The summed E-state index contributed by atoms with van der Waals surface area (Å²) in [5.41, 5.74) is 0. The molecule has 2 N–H and O–H groups in total. The van der Waals surface area contributed by atoms with Gasteiger partial charge < -0.3 is 10.4 Å². The molecule has 0 amide bonds. The van der Waals surface area contributed by atoms with Crippen molar-refractivity contribution in [3.05, 3.63) is 12.0 Å². The molecule has 0 heterocycles. The van der Waals surface area contributed by atoms with E-state index in [1.54, 1.807) is 7.05 Å². The van der Waals surface area contributed by atoms with E-state index in [2.05, 4.69) is 5.32 Å². The van der Waals surface area contributed by atoms with Crippen molar-refractivity contribution >= 4 is 5.78 Å². The van der Waals surface area contributed by atoms with Gasteiger partial charge in [0.25, 0.3) is 0 Å². The largest absolute Gasteiger partial charge is 0.503 e. The van der Waals surface area contributed by atoms with E-state index in [0.717, 1.165) is 0 Å². The van der Waals surface area contributed by atoms with Gasteiger partial charge in [-0.15, -0.1) is 0 Å². The van der Waals surface area contributed by atoms with Crippen molar-refractivity contribution in [2.75, 3.05) is 7.05 Å². The first-order valence-corrected chi connectivity index (χ1v) is 2.26. The zero-order valence-electron chi connectivity index (χ0n) is 4.93. The average molecular weight is 115 g/mol. The van der Waals surface area contributed by atoms with E-state index in [-0.39, 0.29) is 11.5 Å². The minimum Gasteiger partial charge on any atom is -0.503 e. The Morgan fingerprint density at radius 2 is 2.25 bits per heavy atom. The second-order valence-corrected chi connectivity index (χ2v) is 1.37. The molecule has 0 aliphatic carbocycles. The van der Waals surface area contributed by atoms with Gasteiger partial charge in [-0.3, -0.25) is 4.79 Å². The van der Waals surface area contributed by atoms with Crippen molar-refractivity contribution in [2.45, 2.75) is 6.92 Å². The van der Waals surface area contributed by atoms with Gasteiger partial charge >= 0.3 is 0 Å². The molecule has 0 radical (unpaired) electrons. The summed E-state index contributed by atoms with van der Waals surface area (Å²) in [7, 11) is 1.61. The van der Waals surface area contributed by atoms with Gasteiger partial charge in [0.15, 0.2) is 11.5 Å². The van der Waals surface area contributed by atoms with E-state index in [0.29, 0.717) is 0 Å². The number of hydrogen-bond donors (Lipinski definition) is 2. The molecule has 8 heavy (non-hydrogen) atoms. The van der Waals surface area contributed by atoms with Crippen LogP contribution in [0.15, 0.2) is 12.0 Å². The molecule has 0 aromatic carbocycles. The van der Waals surface area contributed by atoms with Crippen LogP contribution in [0.4, 0.5) is 0 Å². The lowest BCUT2D eigenvalue weighted by atomic mass is 10.4. The third-order valence-electron chi connectivity index (χ3n) is 0.642. The monoisotopic (exact) mass is 115 g/mol. The van der Waals surface area contributed by atoms with Gasteiger partial charge in [0, 0.05) is 20.2 Å². The SMILES string of the molecule is CN/C=C(/O)C(C)=O. The van der Waals surface area contributed by atoms with E-state index in [4.69, 9.17) is 5.11 Å². The Hall–Kier alpha value is -0.990. The highest BCUT2D eigenvalue weighted by atomic mass is 16.3. The fraction of sp³-hybridized carbons (Fsp3) is 0.400. The van der Waals surface area contributed by atoms with Crippen LogP contribution < -0.4 is 5.32 Å². The van der Waals surface area contributed by atoms with E-state index in [1.165, 1.54) is 13.1 Å². The molecule has 0 saturated heterocycles. The smallest absolute Gasteiger partial charge is 0.195 e. The third-order valence-corrected chi connectivity index (χ3v) is 0.642. The Bertz CT molecular complexity index is 118. The van der Waals surface area contributed by atoms with Crippen LogP contribution in [0.5, 0.6) is 0 Å². The fourth-order valence-electron chi connectivity index (χ4n) is 0.238. The van der Waals surface area contributed by atoms with Gasteiger partial charge in [-0.05, 0) is 0 Å². The first-order chi connectivity index (χ1) is 3.68. The number of aliphatic hydroxyl groups excluding tert-OH is 1. The van der Waals surface area contributed by atoms with Gasteiger partial charge in [0.05, 0.1) is 0 Å². The lowest BCUT2D eigenvalue weighted by molar-refractivity contribution is -0.115. The molecule has 0 aliphatic rings. The lowest BCUT2D eigenvalue weighted by Gasteiger charge is -1.89. The van der Waals surface area contributed by atoms with Crippen molar-refractivity contribution in [3.63, 3.8) is 0 Å². The lowest BCUT2D eigenvalue weighted by Crippen LogP contribution is -2.01. The van der Waals surface area contributed by atoms with Gasteiger partial charge in [-0.25, -0.2) is 0 Å². The van der Waals surface area contributed by atoms with Gasteiger partial charge in [0.1, 0.15) is 0 Å². The zero-order chi connectivity index (χ0) is 6.57. The highest BCUT2D eigenvalue weighted by molar-refractivity contribution is 5.90. The summed E-state index contributed by atoms with van der Waals surface area (Å²) in [6, 6.07) is 0. The van der Waals surface area contributed by atoms with Crippen molar-refractivity contribution in [2.24, 2.45) is 0 Å². The molecular weight excluding hydrogens is 106 g/mol. The van der Waals surface area contributed by atoms with Crippen LogP contribution in [-0.2, 0) is 4.79 Å². The summed E-state index contributed by atoms with van der Waals surface area (Å²) < 4.78 is 0. The molecule has 0 aromatic rings. The van der Waals surface area contributed by atoms with Crippen LogP contribution >= 0.6 is 0 Å². The van der Waals surface area contributed by atoms with Crippen molar-refractivity contribution in [3.8, 4) is 0 Å². The van der Waals surface area contributed by atoms with Crippen molar-refractivity contribution in [1.29, 1.82) is 0 Å². The Morgan fingerprint density at radius 1 is 1.75 bits per heavy atom. The van der Waals surface area contributed by atoms with E-state index in [1.807, 2.05) is 0 Å². The number of carbonyl (C=O) groups is 1. The summed E-state index contributed by atoms with van der Waals surface area (Å²) >= 11 is 0. The standard InChI is InChI=1S/C5H9NO2/c1-4(7)5(8)3-6-2/h3,6,8H,1-2H3/b5-3+. The molecule has 0 spiro atoms. The third kappa shape index (κ3) is 2.23. The number of Topliss-reactive ketones (excluding diaryl/α,β-unsaturated/α-hetero) is 1.